The first kappa shape index (κ1) is 12.2. The fourth-order valence-electron chi connectivity index (χ4n) is 2.82. The number of nitrogens with zero attached hydrogens (tertiary/aromatic N) is 2. The van der Waals surface area contributed by atoms with E-state index < -0.39 is 5.97 Å². The summed E-state index contributed by atoms with van der Waals surface area (Å²) < 4.78 is 0. The topological polar surface area (TPSA) is 52.9 Å². The number of aliphatic carboxylic acids is 1. The maximum atomic E-state index is 10.9. The van der Waals surface area contributed by atoms with Gasteiger partial charge in [0, 0.05) is 24.6 Å². The lowest BCUT2D eigenvalue weighted by molar-refractivity contribution is -0.137. The summed E-state index contributed by atoms with van der Waals surface area (Å²) >= 11 is 0. The SMILES string of the molecule is CN1CCN=C1c1ccc(C2(CC(=O)O)CC2)cc1. The number of carbonyl (C=O) groups is 1. The number of carboxylic acid groups (broad SMARTS) is 1. The lowest BCUT2D eigenvalue weighted by atomic mass is 9.91. The van der Waals surface area contributed by atoms with Gasteiger partial charge in [-0.1, -0.05) is 24.3 Å². The molecule has 1 saturated carbocycles. The van der Waals surface area contributed by atoms with Gasteiger partial charge in [0.25, 0.3) is 0 Å². The van der Waals surface area contributed by atoms with Crippen LogP contribution in [0.2, 0.25) is 0 Å². The van der Waals surface area contributed by atoms with E-state index in [-0.39, 0.29) is 11.8 Å². The first-order valence-electron chi connectivity index (χ1n) is 6.69. The molecule has 100 valence electrons. The molecule has 1 aromatic carbocycles. The average Bonchev–Trinajstić information content (AvgIpc) is 3.02. The van der Waals surface area contributed by atoms with Crippen LogP contribution < -0.4 is 0 Å². The molecule has 0 atom stereocenters. The van der Waals surface area contributed by atoms with Crippen molar-refractivity contribution in [3.63, 3.8) is 0 Å². The number of hydrogen-bond acceptors (Lipinski definition) is 3. The van der Waals surface area contributed by atoms with Gasteiger partial charge in [-0.15, -0.1) is 0 Å². The van der Waals surface area contributed by atoms with E-state index in [1.807, 2.05) is 7.05 Å². The predicted molar refractivity (Wildman–Crippen MR) is 73.6 cm³/mol. The molecule has 0 radical (unpaired) electrons. The van der Waals surface area contributed by atoms with Crippen LogP contribution in [0.4, 0.5) is 0 Å². The molecule has 2 aliphatic rings. The van der Waals surface area contributed by atoms with Gasteiger partial charge in [0.15, 0.2) is 0 Å². The lowest BCUT2D eigenvalue weighted by Crippen LogP contribution is -2.23. The molecule has 19 heavy (non-hydrogen) atoms. The van der Waals surface area contributed by atoms with E-state index in [1.165, 1.54) is 0 Å². The Morgan fingerprint density at radius 3 is 2.53 bits per heavy atom. The fraction of sp³-hybridized carbons (Fsp3) is 0.467. The summed E-state index contributed by atoms with van der Waals surface area (Å²) in [6, 6.07) is 8.27. The number of aliphatic imine (C=N–C) groups is 1. The number of carboxylic acids is 1. The Balaban J connectivity index is 1.82. The van der Waals surface area contributed by atoms with Crippen LogP contribution in [-0.4, -0.2) is 41.9 Å². The van der Waals surface area contributed by atoms with Crippen LogP contribution in [0.25, 0.3) is 0 Å². The van der Waals surface area contributed by atoms with Gasteiger partial charge in [0.1, 0.15) is 5.84 Å². The van der Waals surface area contributed by atoms with Gasteiger partial charge in [-0.2, -0.15) is 0 Å². The van der Waals surface area contributed by atoms with E-state index in [0.29, 0.717) is 0 Å². The molecule has 0 saturated heterocycles. The molecule has 4 heteroatoms. The molecule has 0 spiro atoms. The predicted octanol–water partition coefficient (Wildman–Crippen LogP) is 1.88. The molecule has 3 rings (SSSR count). The van der Waals surface area contributed by atoms with E-state index >= 15 is 0 Å². The van der Waals surface area contributed by atoms with Crippen LogP contribution in [-0.2, 0) is 10.2 Å². The van der Waals surface area contributed by atoms with Gasteiger partial charge in [-0.3, -0.25) is 9.79 Å². The highest BCUT2D eigenvalue weighted by Crippen LogP contribution is 2.51. The second-order valence-corrected chi connectivity index (χ2v) is 5.56. The Kier molecular flexibility index (Phi) is 2.81. The van der Waals surface area contributed by atoms with E-state index in [1.54, 1.807) is 0 Å². The summed E-state index contributed by atoms with van der Waals surface area (Å²) in [6.45, 7) is 1.83. The molecule has 0 aromatic heterocycles. The quantitative estimate of drug-likeness (QED) is 0.897. The Morgan fingerprint density at radius 2 is 2.05 bits per heavy atom. The standard InChI is InChI=1S/C15H18N2O2/c1-17-9-8-16-14(17)11-2-4-12(5-3-11)15(6-7-15)10-13(18)19/h2-5H,6-10H2,1H3,(H,18,19). The van der Waals surface area contributed by atoms with Gasteiger partial charge in [0.2, 0.25) is 0 Å². The van der Waals surface area contributed by atoms with Crippen molar-refractivity contribution >= 4 is 11.8 Å². The second-order valence-electron chi connectivity index (χ2n) is 5.56. The van der Waals surface area contributed by atoms with E-state index in [4.69, 9.17) is 5.11 Å². The minimum Gasteiger partial charge on any atom is -0.481 e. The Labute approximate surface area is 112 Å². The summed E-state index contributed by atoms with van der Waals surface area (Å²) in [6.07, 6.45) is 2.21. The smallest absolute Gasteiger partial charge is 0.304 e. The minimum absolute atomic E-state index is 0.103. The number of rotatable bonds is 4. The molecule has 0 unspecified atom stereocenters. The van der Waals surface area contributed by atoms with Gasteiger partial charge in [-0.05, 0) is 18.4 Å². The van der Waals surface area contributed by atoms with Crippen LogP contribution in [0.5, 0.6) is 0 Å². The number of benzene rings is 1. The normalized spacial score (nSPS) is 20.3. The lowest BCUT2D eigenvalue weighted by Gasteiger charge is -2.16. The summed E-state index contributed by atoms with van der Waals surface area (Å²) in [5.41, 5.74) is 2.17. The third-order valence-electron chi connectivity index (χ3n) is 4.16. The molecule has 1 N–H and O–H groups in total. The molecule has 0 bridgehead atoms. The van der Waals surface area contributed by atoms with Crippen LogP contribution in [0, 0.1) is 0 Å². The summed E-state index contributed by atoms with van der Waals surface area (Å²) in [5.74, 6) is 0.330. The number of likely N-dealkylation sites (N-methyl/N-ethyl adjacent to an activating group) is 1. The zero-order chi connectivity index (χ0) is 13.5. The van der Waals surface area contributed by atoms with Crippen molar-refractivity contribution in [2.75, 3.05) is 20.1 Å². The summed E-state index contributed by atoms with van der Waals surface area (Å²) in [5, 5.41) is 8.99. The van der Waals surface area contributed by atoms with Crippen LogP contribution in [0.1, 0.15) is 30.4 Å². The molecular weight excluding hydrogens is 240 g/mol. The van der Waals surface area contributed by atoms with Gasteiger partial charge < -0.3 is 10.0 Å². The summed E-state index contributed by atoms with van der Waals surface area (Å²) in [4.78, 5) is 17.6. The van der Waals surface area contributed by atoms with E-state index in [9.17, 15) is 4.79 Å². The van der Waals surface area contributed by atoms with Gasteiger partial charge in [-0.25, -0.2) is 0 Å². The number of hydrogen-bond donors (Lipinski definition) is 1. The average molecular weight is 258 g/mol. The molecule has 0 amide bonds. The fourth-order valence-corrected chi connectivity index (χ4v) is 2.82. The molecular formula is C15H18N2O2. The summed E-state index contributed by atoms with van der Waals surface area (Å²) in [7, 11) is 2.05. The number of amidine groups is 1. The Bertz CT molecular complexity index is 530. The first-order chi connectivity index (χ1) is 9.11. The second kappa shape index (κ2) is 4.37. The maximum Gasteiger partial charge on any atom is 0.304 e. The van der Waals surface area contributed by atoms with Crippen molar-refractivity contribution in [3.8, 4) is 0 Å². The highest BCUT2D eigenvalue weighted by atomic mass is 16.4. The molecule has 1 fully saturated rings. The highest BCUT2D eigenvalue weighted by Gasteiger charge is 2.45. The molecule has 1 heterocycles. The highest BCUT2D eigenvalue weighted by molar-refractivity contribution is 5.99. The van der Waals surface area contributed by atoms with Crippen molar-refractivity contribution in [1.82, 2.24) is 4.90 Å². The van der Waals surface area contributed by atoms with Crippen LogP contribution >= 0.6 is 0 Å². The largest absolute Gasteiger partial charge is 0.481 e. The van der Waals surface area contributed by atoms with E-state index in [2.05, 4.69) is 34.2 Å². The first-order valence-corrected chi connectivity index (χ1v) is 6.69. The third-order valence-corrected chi connectivity index (χ3v) is 4.16. The van der Waals surface area contributed by atoms with Crippen molar-refractivity contribution < 1.29 is 9.90 Å². The van der Waals surface area contributed by atoms with Gasteiger partial charge in [0.05, 0.1) is 13.0 Å². The Hall–Kier alpha value is -1.84. The zero-order valence-electron chi connectivity index (χ0n) is 11.1. The van der Waals surface area contributed by atoms with Crippen molar-refractivity contribution in [2.24, 2.45) is 4.99 Å². The molecule has 1 aliphatic carbocycles. The van der Waals surface area contributed by atoms with Crippen molar-refractivity contribution in [3.05, 3.63) is 35.4 Å². The van der Waals surface area contributed by atoms with Gasteiger partial charge >= 0.3 is 5.97 Å². The van der Waals surface area contributed by atoms with Crippen molar-refractivity contribution in [1.29, 1.82) is 0 Å². The monoisotopic (exact) mass is 258 g/mol. The zero-order valence-corrected chi connectivity index (χ0v) is 11.1. The van der Waals surface area contributed by atoms with Crippen LogP contribution in [0.3, 0.4) is 0 Å². The molecule has 4 nitrogen and oxygen atoms in total. The van der Waals surface area contributed by atoms with E-state index in [0.717, 1.165) is 42.9 Å². The third kappa shape index (κ3) is 2.23. The minimum atomic E-state index is -0.707. The van der Waals surface area contributed by atoms with Crippen LogP contribution in [0.15, 0.2) is 29.3 Å². The maximum absolute atomic E-state index is 10.9. The van der Waals surface area contributed by atoms with Crippen molar-refractivity contribution in [2.45, 2.75) is 24.7 Å². The molecule has 1 aliphatic heterocycles. The Morgan fingerprint density at radius 1 is 1.37 bits per heavy atom. The molecule has 1 aromatic rings.